The lowest BCUT2D eigenvalue weighted by Crippen LogP contribution is -1.94. The molecular weight excluding hydrogens is 310 g/mol. The predicted molar refractivity (Wildman–Crippen MR) is 74.3 cm³/mol. The molecule has 1 aromatic carbocycles. The molecule has 0 fully saturated rings. The lowest BCUT2D eigenvalue weighted by molar-refractivity contribution is 0.401. The van der Waals surface area contributed by atoms with Gasteiger partial charge in [0, 0.05) is 0 Å². The molecule has 0 amide bonds. The van der Waals surface area contributed by atoms with Gasteiger partial charge in [-0.2, -0.15) is 5.26 Å². The summed E-state index contributed by atoms with van der Waals surface area (Å²) in [6.07, 6.45) is 0. The zero-order valence-electron chi connectivity index (χ0n) is 10.7. The van der Waals surface area contributed by atoms with Crippen LogP contribution in [0.4, 0.5) is 0 Å². The SMILES string of the molecule is COc1cc(-c2nc(C#N)c(Br)[nH]2)c(OC)cc1C. The highest BCUT2D eigenvalue weighted by molar-refractivity contribution is 9.10. The molecule has 6 heteroatoms. The molecule has 1 N–H and O–H groups in total. The van der Waals surface area contributed by atoms with Crippen LogP contribution in [0.3, 0.4) is 0 Å². The Kier molecular flexibility index (Phi) is 3.76. The predicted octanol–water partition coefficient (Wildman–Crippen LogP) is 3.04. The van der Waals surface area contributed by atoms with Crippen LogP contribution in [0.1, 0.15) is 11.3 Å². The standard InChI is InChI=1S/C13H12BrN3O2/c1-7-4-11(19-3)8(5-10(7)18-2)13-16-9(6-15)12(14)17-13/h4-5H,1-3H3,(H,16,17). The summed E-state index contributed by atoms with van der Waals surface area (Å²) in [4.78, 5) is 7.22. The maximum Gasteiger partial charge on any atom is 0.173 e. The Balaban J connectivity index is 2.63. The van der Waals surface area contributed by atoms with E-state index in [1.807, 2.05) is 25.1 Å². The normalized spacial score (nSPS) is 10.1. The van der Waals surface area contributed by atoms with Crippen LogP contribution in [-0.2, 0) is 0 Å². The summed E-state index contributed by atoms with van der Waals surface area (Å²) < 4.78 is 11.2. The zero-order valence-corrected chi connectivity index (χ0v) is 12.3. The van der Waals surface area contributed by atoms with Crippen molar-refractivity contribution in [1.82, 2.24) is 9.97 Å². The van der Waals surface area contributed by atoms with E-state index in [0.717, 1.165) is 16.9 Å². The topological polar surface area (TPSA) is 70.9 Å². The molecule has 0 saturated carbocycles. The number of aromatic amines is 1. The van der Waals surface area contributed by atoms with E-state index in [9.17, 15) is 0 Å². The Morgan fingerprint density at radius 1 is 1.26 bits per heavy atom. The van der Waals surface area contributed by atoms with Crippen LogP contribution in [0, 0.1) is 18.3 Å². The summed E-state index contributed by atoms with van der Waals surface area (Å²) in [6, 6.07) is 5.71. The smallest absolute Gasteiger partial charge is 0.173 e. The number of hydrogen-bond acceptors (Lipinski definition) is 4. The summed E-state index contributed by atoms with van der Waals surface area (Å²) in [5, 5.41) is 8.93. The molecule has 0 unspecified atom stereocenters. The fourth-order valence-corrected chi connectivity index (χ4v) is 2.15. The third-order valence-corrected chi connectivity index (χ3v) is 3.31. The van der Waals surface area contributed by atoms with Gasteiger partial charge >= 0.3 is 0 Å². The van der Waals surface area contributed by atoms with Crippen LogP contribution in [0.5, 0.6) is 11.5 Å². The van der Waals surface area contributed by atoms with Crippen molar-refractivity contribution < 1.29 is 9.47 Å². The van der Waals surface area contributed by atoms with E-state index in [0.29, 0.717) is 21.9 Å². The first-order chi connectivity index (χ1) is 9.10. The Bertz CT molecular complexity index is 659. The van der Waals surface area contributed by atoms with Gasteiger partial charge in [-0.1, -0.05) is 0 Å². The van der Waals surface area contributed by atoms with Crippen molar-refractivity contribution in [1.29, 1.82) is 5.26 Å². The number of aromatic nitrogens is 2. The number of methoxy groups -OCH3 is 2. The zero-order chi connectivity index (χ0) is 14.0. The first-order valence-corrected chi connectivity index (χ1v) is 6.28. The number of H-pyrrole nitrogens is 1. The molecule has 0 aliphatic carbocycles. The second kappa shape index (κ2) is 5.33. The van der Waals surface area contributed by atoms with Gasteiger partial charge in [0.25, 0.3) is 0 Å². The molecule has 0 spiro atoms. The highest BCUT2D eigenvalue weighted by Crippen LogP contribution is 2.35. The average molecular weight is 322 g/mol. The van der Waals surface area contributed by atoms with Crippen LogP contribution in [0.25, 0.3) is 11.4 Å². The molecule has 0 atom stereocenters. The summed E-state index contributed by atoms with van der Waals surface area (Å²) in [5.74, 6) is 1.96. The third-order valence-electron chi connectivity index (χ3n) is 2.74. The Morgan fingerprint density at radius 2 is 1.95 bits per heavy atom. The molecule has 0 saturated heterocycles. The Morgan fingerprint density at radius 3 is 2.47 bits per heavy atom. The van der Waals surface area contributed by atoms with E-state index in [4.69, 9.17) is 14.7 Å². The van der Waals surface area contributed by atoms with Crippen molar-refractivity contribution in [3.63, 3.8) is 0 Å². The number of hydrogen-bond donors (Lipinski definition) is 1. The summed E-state index contributed by atoms with van der Waals surface area (Å²) in [6.45, 7) is 1.93. The van der Waals surface area contributed by atoms with Crippen molar-refractivity contribution >= 4 is 15.9 Å². The summed E-state index contributed by atoms with van der Waals surface area (Å²) in [5.41, 5.74) is 2.01. The van der Waals surface area contributed by atoms with E-state index in [2.05, 4.69) is 25.9 Å². The number of benzene rings is 1. The van der Waals surface area contributed by atoms with Crippen molar-refractivity contribution in [3.8, 4) is 29.0 Å². The molecule has 98 valence electrons. The molecule has 0 aliphatic heterocycles. The second-order valence-corrected chi connectivity index (χ2v) is 4.67. The van der Waals surface area contributed by atoms with Gasteiger partial charge in [0.05, 0.1) is 19.8 Å². The number of nitriles is 1. The number of aryl methyl sites for hydroxylation is 1. The quantitative estimate of drug-likeness (QED) is 0.943. The van der Waals surface area contributed by atoms with Crippen LogP contribution >= 0.6 is 15.9 Å². The van der Waals surface area contributed by atoms with E-state index in [-0.39, 0.29) is 0 Å². The third kappa shape index (κ3) is 2.42. The van der Waals surface area contributed by atoms with Crippen LogP contribution in [0.15, 0.2) is 16.7 Å². The van der Waals surface area contributed by atoms with Crippen LogP contribution in [-0.4, -0.2) is 24.2 Å². The van der Waals surface area contributed by atoms with E-state index in [1.165, 1.54) is 0 Å². The molecule has 5 nitrogen and oxygen atoms in total. The highest BCUT2D eigenvalue weighted by Gasteiger charge is 2.15. The maximum atomic E-state index is 8.93. The number of rotatable bonds is 3. The first kappa shape index (κ1) is 13.4. The van der Waals surface area contributed by atoms with Crippen LogP contribution < -0.4 is 9.47 Å². The van der Waals surface area contributed by atoms with Gasteiger partial charge in [-0.3, -0.25) is 0 Å². The van der Waals surface area contributed by atoms with Gasteiger partial charge in [0.15, 0.2) is 5.69 Å². The van der Waals surface area contributed by atoms with Gasteiger partial charge in [0.2, 0.25) is 0 Å². The average Bonchev–Trinajstić information content (AvgIpc) is 2.79. The molecule has 0 bridgehead atoms. The van der Waals surface area contributed by atoms with E-state index < -0.39 is 0 Å². The molecule has 2 aromatic rings. The monoisotopic (exact) mass is 321 g/mol. The minimum atomic E-state index is 0.302. The van der Waals surface area contributed by atoms with Gasteiger partial charge in [-0.25, -0.2) is 4.98 Å². The van der Waals surface area contributed by atoms with Gasteiger partial charge in [-0.15, -0.1) is 0 Å². The molecule has 1 aromatic heterocycles. The number of nitrogens with one attached hydrogen (secondary N) is 1. The highest BCUT2D eigenvalue weighted by atomic mass is 79.9. The van der Waals surface area contributed by atoms with Gasteiger partial charge in [0.1, 0.15) is 28.0 Å². The Labute approximate surface area is 119 Å². The van der Waals surface area contributed by atoms with E-state index in [1.54, 1.807) is 14.2 Å². The number of ether oxygens (including phenoxy) is 2. The minimum absolute atomic E-state index is 0.302. The molecule has 0 radical (unpaired) electrons. The molecule has 19 heavy (non-hydrogen) atoms. The lowest BCUT2D eigenvalue weighted by Gasteiger charge is -2.11. The lowest BCUT2D eigenvalue weighted by atomic mass is 10.1. The molecule has 2 rings (SSSR count). The van der Waals surface area contributed by atoms with Crippen LogP contribution in [0.2, 0.25) is 0 Å². The van der Waals surface area contributed by atoms with E-state index >= 15 is 0 Å². The number of halogens is 1. The second-order valence-electron chi connectivity index (χ2n) is 3.88. The van der Waals surface area contributed by atoms with Crippen molar-refractivity contribution in [3.05, 3.63) is 28.0 Å². The summed E-state index contributed by atoms with van der Waals surface area (Å²) >= 11 is 3.26. The maximum absolute atomic E-state index is 8.93. The summed E-state index contributed by atoms with van der Waals surface area (Å²) in [7, 11) is 3.20. The number of imidazole rings is 1. The Hall–Kier alpha value is -2.00. The first-order valence-electron chi connectivity index (χ1n) is 5.49. The molecule has 1 heterocycles. The molecule has 0 aliphatic rings. The van der Waals surface area contributed by atoms with Crippen molar-refractivity contribution in [2.24, 2.45) is 0 Å². The fraction of sp³-hybridized carbons (Fsp3) is 0.231. The van der Waals surface area contributed by atoms with Crippen molar-refractivity contribution in [2.45, 2.75) is 6.92 Å². The minimum Gasteiger partial charge on any atom is -0.496 e. The largest absolute Gasteiger partial charge is 0.496 e. The number of nitrogens with zero attached hydrogens (tertiary/aromatic N) is 2. The van der Waals surface area contributed by atoms with Gasteiger partial charge in [-0.05, 0) is 40.5 Å². The fourth-order valence-electron chi connectivity index (χ4n) is 1.79. The van der Waals surface area contributed by atoms with Crippen molar-refractivity contribution in [2.75, 3.05) is 14.2 Å². The van der Waals surface area contributed by atoms with Gasteiger partial charge < -0.3 is 14.5 Å². The molecular formula is C13H12BrN3O2.